The molecule has 15 heteroatoms. The summed E-state index contributed by atoms with van der Waals surface area (Å²) >= 11 is 1.44. The largest absolute Gasteiger partial charge is 0.417 e. The smallest absolute Gasteiger partial charge is 0.254 e. The molecule has 0 bridgehead atoms. The van der Waals surface area contributed by atoms with Gasteiger partial charge < -0.3 is 26.3 Å². The predicted octanol–water partition coefficient (Wildman–Crippen LogP) is 5.01. The molecule has 4 aromatic rings. The highest BCUT2D eigenvalue weighted by Crippen LogP contribution is 2.36. The van der Waals surface area contributed by atoms with Gasteiger partial charge in [-0.25, -0.2) is 15.0 Å². The van der Waals surface area contributed by atoms with Crippen LogP contribution in [0.15, 0.2) is 39.3 Å². The first-order valence-electron chi connectivity index (χ1n) is 16.6. The first kappa shape index (κ1) is 37.3. The summed E-state index contributed by atoms with van der Waals surface area (Å²) in [5, 5.41) is 14.6. The number of aliphatic hydroxyl groups is 1. The number of anilines is 3. The molecule has 0 spiro atoms. The maximum atomic E-state index is 12.4. The Kier molecular flexibility index (Phi) is 12.6. The predicted molar refractivity (Wildman–Crippen MR) is 198 cm³/mol. The Hall–Kier alpha value is -3.53. The molecule has 0 atom stereocenters. The Morgan fingerprint density at radius 3 is 2.06 bits per heavy atom. The maximum absolute atomic E-state index is 12.4. The average Bonchev–Trinajstić information content (AvgIpc) is 3.04. The van der Waals surface area contributed by atoms with Crippen molar-refractivity contribution in [2.45, 2.75) is 108 Å². The Labute approximate surface area is 287 Å². The fraction of sp³-hybridized carbons (Fsp3) is 0.576. The monoisotopic (exact) mass is 697 g/mol. The lowest BCUT2D eigenvalue weighted by atomic mass is 9.96. The van der Waals surface area contributed by atoms with Gasteiger partial charge in [0.1, 0.15) is 11.3 Å². The van der Waals surface area contributed by atoms with E-state index in [1.54, 1.807) is 21.5 Å². The molecule has 6 N–H and O–H groups in total. The van der Waals surface area contributed by atoms with Crippen LogP contribution in [0.3, 0.4) is 0 Å². The molecule has 48 heavy (non-hydrogen) atoms. The van der Waals surface area contributed by atoms with Crippen molar-refractivity contribution in [1.82, 2.24) is 29.1 Å². The van der Waals surface area contributed by atoms with Crippen LogP contribution in [0.4, 0.5) is 17.3 Å². The van der Waals surface area contributed by atoms with Gasteiger partial charge in [0.2, 0.25) is 5.95 Å². The molecular weight excluding hydrogens is 647 g/mol. The zero-order valence-corrected chi connectivity index (χ0v) is 30.9. The van der Waals surface area contributed by atoms with Crippen molar-refractivity contribution < 1.29 is 9.53 Å². The van der Waals surface area contributed by atoms with Gasteiger partial charge in [-0.15, -0.1) is 0 Å². The minimum absolute atomic E-state index is 0.0244. The second-order valence-corrected chi connectivity index (χ2v) is 19.3. The van der Waals surface area contributed by atoms with Crippen LogP contribution in [-0.2, 0) is 17.5 Å². The van der Waals surface area contributed by atoms with Crippen molar-refractivity contribution in [3.05, 3.63) is 45.2 Å². The number of aryl methyl sites for hydroxylation is 2. The number of rotatable bonds is 11. The minimum atomic E-state index is -1.77. The maximum Gasteiger partial charge on any atom is 0.254 e. The van der Waals surface area contributed by atoms with Crippen LogP contribution in [0.1, 0.15) is 65.7 Å². The third kappa shape index (κ3) is 9.12. The highest BCUT2D eigenvalue weighted by molar-refractivity contribution is 7.98. The van der Waals surface area contributed by atoms with Crippen LogP contribution in [-0.4, -0.2) is 68.0 Å². The van der Waals surface area contributed by atoms with Crippen LogP contribution in [0.25, 0.3) is 22.1 Å². The summed E-state index contributed by atoms with van der Waals surface area (Å²) < 4.78 is 9.42. The Bertz CT molecular complexity index is 1820. The lowest BCUT2D eigenvalue weighted by molar-refractivity contribution is 0.275. The number of nitrogens with zero attached hydrogens (tertiary/aromatic N) is 6. The van der Waals surface area contributed by atoms with Gasteiger partial charge in [0.05, 0.1) is 10.8 Å². The topological polar surface area (TPSA) is 189 Å². The fourth-order valence-electron chi connectivity index (χ4n) is 5.36. The van der Waals surface area contributed by atoms with E-state index in [4.69, 9.17) is 21.0 Å². The lowest BCUT2D eigenvalue weighted by Crippen LogP contribution is -2.41. The zero-order valence-electron chi connectivity index (χ0n) is 29.1. The molecule has 0 aliphatic heterocycles. The molecule has 1 saturated carbocycles. The van der Waals surface area contributed by atoms with Crippen LogP contribution in [0, 0.1) is 0 Å². The number of nitrogen functional groups attached to an aromatic ring is 2. The molecule has 1 aliphatic carbocycles. The van der Waals surface area contributed by atoms with Crippen LogP contribution in [0.5, 0.6) is 0 Å². The average molecular weight is 698 g/mol. The fourth-order valence-corrected chi connectivity index (χ4v) is 6.78. The molecule has 5 rings (SSSR count). The van der Waals surface area contributed by atoms with Crippen molar-refractivity contribution in [3.8, 4) is 0 Å². The first-order valence-corrected chi connectivity index (χ1v) is 20.8. The summed E-state index contributed by atoms with van der Waals surface area (Å²) in [6.45, 7) is 12.7. The summed E-state index contributed by atoms with van der Waals surface area (Å²) in [6.07, 6.45) is 12.5. The normalized spacial score (nSPS) is 14.2. The van der Waals surface area contributed by atoms with E-state index in [1.807, 2.05) is 6.26 Å². The third-order valence-corrected chi connectivity index (χ3v) is 14.3. The molecule has 4 heterocycles. The summed E-state index contributed by atoms with van der Waals surface area (Å²) in [5.74, 6) is 0.534. The molecule has 0 radical (unpaired) electrons. The van der Waals surface area contributed by atoms with Crippen molar-refractivity contribution in [1.29, 1.82) is 0 Å². The Balaban J connectivity index is 0.000000217. The Morgan fingerprint density at radius 1 is 0.938 bits per heavy atom. The summed E-state index contributed by atoms with van der Waals surface area (Å²) in [7, 11) is -1.77. The number of thioether (sulfide) groups is 1. The van der Waals surface area contributed by atoms with Crippen LogP contribution >= 0.6 is 11.8 Å². The van der Waals surface area contributed by atoms with Gasteiger partial charge >= 0.3 is 0 Å². The Morgan fingerprint density at radius 2 is 1.50 bits per heavy atom. The van der Waals surface area contributed by atoms with E-state index in [9.17, 15) is 9.59 Å². The summed E-state index contributed by atoms with van der Waals surface area (Å²) in [6, 6.07) is 3.22. The SMILES string of the molecule is CSc1ncc2c(N)cc(=O)n(CCCO[Si](C)(C)C(C)(C)C)c2n1.Nc1cc(=O)n(CCCO)c2nc(NC3CCCCC3)ncc12. The number of fused-ring (bicyclic) bond motifs is 2. The molecule has 1 aliphatic rings. The van der Waals surface area contributed by atoms with E-state index < -0.39 is 8.32 Å². The number of nitrogens with two attached hydrogens (primary N) is 2. The number of hydrogen-bond donors (Lipinski definition) is 4. The van der Waals surface area contributed by atoms with E-state index in [0.29, 0.717) is 76.7 Å². The zero-order chi connectivity index (χ0) is 35.1. The quantitative estimate of drug-likeness (QED) is 0.0711. The van der Waals surface area contributed by atoms with E-state index in [2.05, 4.69) is 59.1 Å². The molecule has 0 amide bonds. The van der Waals surface area contributed by atoms with Gasteiger partial charge in [0.25, 0.3) is 11.1 Å². The van der Waals surface area contributed by atoms with Gasteiger partial charge in [0.15, 0.2) is 13.5 Å². The highest BCUT2D eigenvalue weighted by atomic mass is 32.2. The molecular formula is C33H51N9O4SSi. The third-order valence-electron chi connectivity index (χ3n) is 9.19. The molecule has 1 fully saturated rings. The lowest BCUT2D eigenvalue weighted by Gasteiger charge is -2.36. The van der Waals surface area contributed by atoms with Crippen LogP contribution in [0.2, 0.25) is 18.1 Å². The molecule has 0 unspecified atom stereocenters. The minimum Gasteiger partial charge on any atom is -0.417 e. The molecule has 0 saturated heterocycles. The van der Waals surface area contributed by atoms with E-state index in [1.165, 1.54) is 43.2 Å². The highest BCUT2D eigenvalue weighted by Gasteiger charge is 2.36. The van der Waals surface area contributed by atoms with Crippen LogP contribution < -0.4 is 27.9 Å². The van der Waals surface area contributed by atoms with Crippen molar-refractivity contribution in [2.75, 3.05) is 36.3 Å². The van der Waals surface area contributed by atoms with Gasteiger partial charge in [-0.1, -0.05) is 51.8 Å². The van der Waals surface area contributed by atoms with E-state index in [-0.39, 0.29) is 22.8 Å². The summed E-state index contributed by atoms with van der Waals surface area (Å²) in [5.41, 5.74) is 13.5. The molecule has 0 aromatic carbocycles. The number of nitrogens with one attached hydrogen (secondary N) is 1. The second kappa shape index (κ2) is 16.2. The van der Waals surface area contributed by atoms with Crippen molar-refractivity contribution in [2.24, 2.45) is 0 Å². The second-order valence-electron chi connectivity index (χ2n) is 13.7. The number of aromatic nitrogens is 6. The van der Waals surface area contributed by atoms with Gasteiger partial charge in [0, 0.05) is 68.2 Å². The van der Waals surface area contributed by atoms with Gasteiger partial charge in [-0.05, 0) is 50.1 Å². The standard InChI is InChI=1S/C17H28N4O2SSi.C16H23N5O2/c1-17(2,3)25(5,6)23-9-7-8-21-14(22)10-13(18)12-11-19-16(24-4)20-15(12)21;17-13-9-14(23)21(7-4-8-22)15-12(13)10-18-16(20-15)19-11-5-2-1-3-6-11/h10-11H,7-9,18H2,1-6H3;9-11,22H,1-8,17H2,(H,18,19,20). The number of aliphatic hydroxyl groups excluding tert-OH is 1. The van der Waals surface area contributed by atoms with Gasteiger partial charge in [-0.2, -0.15) is 4.98 Å². The molecule has 262 valence electrons. The van der Waals surface area contributed by atoms with Gasteiger partial charge in [-0.3, -0.25) is 18.7 Å². The summed E-state index contributed by atoms with van der Waals surface area (Å²) in [4.78, 5) is 42.2. The first-order chi connectivity index (χ1) is 22.8. The van der Waals surface area contributed by atoms with Crippen molar-refractivity contribution in [3.63, 3.8) is 0 Å². The van der Waals surface area contributed by atoms with Crippen molar-refractivity contribution >= 4 is 59.5 Å². The van der Waals surface area contributed by atoms with E-state index in [0.717, 1.165) is 19.3 Å². The molecule has 4 aromatic heterocycles. The number of pyridine rings is 2. The number of hydrogen-bond acceptors (Lipinski definition) is 12. The molecule has 13 nitrogen and oxygen atoms in total. The van der Waals surface area contributed by atoms with E-state index >= 15 is 0 Å².